The molecule has 0 aliphatic rings. The number of carbonyl (C=O) groups excluding carboxylic acids is 1. The number of benzene rings is 3. The number of nitrogens with one attached hydrogen (secondary N) is 3. The Labute approximate surface area is 210 Å². The van der Waals surface area contributed by atoms with Crippen molar-refractivity contribution >= 4 is 33.8 Å². The lowest BCUT2D eigenvalue weighted by Gasteiger charge is -2.12. The van der Waals surface area contributed by atoms with Gasteiger partial charge < -0.3 is 11.1 Å². The maximum atomic E-state index is 13.2. The van der Waals surface area contributed by atoms with Gasteiger partial charge in [0.1, 0.15) is 10.7 Å². The molecule has 3 heterocycles. The Kier molecular flexibility index (Phi) is 5.61. The average Bonchev–Trinajstić information content (AvgIpc) is 3.69. The topological polar surface area (TPSA) is 125 Å². The van der Waals surface area contributed by atoms with Crippen molar-refractivity contribution in [3.8, 4) is 33.1 Å². The number of hydrogen-bond donors (Lipinski definition) is 4. The lowest BCUT2D eigenvalue weighted by Crippen LogP contribution is -2.13. The fourth-order valence-corrected chi connectivity index (χ4v) is 4.84. The monoisotopic (exact) mass is 491 g/mol. The first-order valence-corrected chi connectivity index (χ1v) is 12.2. The van der Waals surface area contributed by atoms with E-state index < -0.39 is 0 Å². The predicted octanol–water partition coefficient (Wildman–Crippen LogP) is 5.45. The SMILES string of the molecule is NCc1cccc(-c2cc3cn[nH]c3cc2NC(=O)c2csc(-c3cc(-c4ccccc4)n[nH]3)n2)c1. The Morgan fingerprint density at radius 3 is 2.69 bits per heavy atom. The number of fused-ring (bicyclic) bond motifs is 1. The van der Waals surface area contributed by atoms with Crippen LogP contribution in [0.4, 0.5) is 5.69 Å². The molecule has 0 saturated heterocycles. The Morgan fingerprint density at radius 2 is 1.83 bits per heavy atom. The molecule has 0 aliphatic carbocycles. The number of H-pyrrole nitrogens is 2. The van der Waals surface area contributed by atoms with Gasteiger partial charge in [-0.2, -0.15) is 10.2 Å². The van der Waals surface area contributed by atoms with E-state index in [1.807, 2.05) is 72.8 Å². The van der Waals surface area contributed by atoms with Gasteiger partial charge in [0.2, 0.25) is 0 Å². The molecule has 0 bridgehead atoms. The fraction of sp³-hybridized carbons (Fsp3) is 0.0370. The van der Waals surface area contributed by atoms with Gasteiger partial charge in [0.15, 0.2) is 0 Å². The van der Waals surface area contributed by atoms with Crippen LogP contribution < -0.4 is 11.1 Å². The molecule has 0 atom stereocenters. The minimum atomic E-state index is -0.296. The highest BCUT2D eigenvalue weighted by Gasteiger charge is 2.17. The summed E-state index contributed by atoms with van der Waals surface area (Å²) in [5, 5.41) is 20.9. The van der Waals surface area contributed by atoms with Gasteiger partial charge in [-0.3, -0.25) is 15.0 Å². The van der Waals surface area contributed by atoms with Crippen LogP contribution in [0.5, 0.6) is 0 Å². The minimum absolute atomic E-state index is 0.296. The first-order valence-electron chi connectivity index (χ1n) is 11.3. The molecule has 0 unspecified atom stereocenters. The highest BCUT2D eigenvalue weighted by molar-refractivity contribution is 7.13. The Balaban J connectivity index is 1.30. The summed E-state index contributed by atoms with van der Waals surface area (Å²) in [6, 6.07) is 23.7. The molecule has 0 radical (unpaired) electrons. The number of aromatic nitrogens is 5. The number of thiazole rings is 1. The third-order valence-electron chi connectivity index (χ3n) is 5.91. The average molecular weight is 492 g/mol. The lowest BCUT2D eigenvalue weighted by atomic mass is 9.99. The number of amides is 1. The molecular formula is C27H21N7OS. The van der Waals surface area contributed by atoms with Gasteiger partial charge in [-0.05, 0) is 35.4 Å². The normalized spacial score (nSPS) is 11.1. The van der Waals surface area contributed by atoms with Crippen LogP contribution in [-0.4, -0.2) is 31.3 Å². The summed E-state index contributed by atoms with van der Waals surface area (Å²) >= 11 is 1.39. The van der Waals surface area contributed by atoms with Crippen LogP contribution >= 0.6 is 11.3 Å². The Hall–Kier alpha value is -4.60. The van der Waals surface area contributed by atoms with E-state index >= 15 is 0 Å². The van der Waals surface area contributed by atoms with Crippen LogP contribution in [0.25, 0.3) is 44.0 Å². The van der Waals surface area contributed by atoms with E-state index in [0.717, 1.165) is 44.5 Å². The van der Waals surface area contributed by atoms with Gasteiger partial charge in [0.25, 0.3) is 5.91 Å². The Morgan fingerprint density at radius 1 is 0.972 bits per heavy atom. The molecule has 5 N–H and O–H groups in total. The number of carbonyl (C=O) groups is 1. The zero-order chi connectivity index (χ0) is 24.5. The number of nitrogens with two attached hydrogens (primary N) is 1. The van der Waals surface area contributed by atoms with Crippen LogP contribution in [0.2, 0.25) is 0 Å². The summed E-state index contributed by atoms with van der Waals surface area (Å²) in [7, 11) is 0. The molecule has 9 heteroatoms. The van der Waals surface area contributed by atoms with Gasteiger partial charge in [-0.1, -0.05) is 48.5 Å². The maximum absolute atomic E-state index is 13.2. The lowest BCUT2D eigenvalue weighted by molar-refractivity contribution is 0.102. The first kappa shape index (κ1) is 21.9. The van der Waals surface area contributed by atoms with Gasteiger partial charge >= 0.3 is 0 Å². The molecule has 6 aromatic rings. The summed E-state index contributed by atoms with van der Waals surface area (Å²) in [6.45, 7) is 0.435. The summed E-state index contributed by atoms with van der Waals surface area (Å²) in [5.41, 5.74) is 13.1. The van der Waals surface area contributed by atoms with Gasteiger partial charge in [0, 0.05) is 28.4 Å². The summed E-state index contributed by atoms with van der Waals surface area (Å²) < 4.78 is 0. The first-order chi connectivity index (χ1) is 17.7. The largest absolute Gasteiger partial charge is 0.326 e. The van der Waals surface area contributed by atoms with Crippen LogP contribution in [0.3, 0.4) is 0 Å². The smallest absolute Gasteiger partial charge is 0.275 e. The Bertz CT molecular complexity index is 1680. The molecule has 8 nitrogen and oxygen atoms in total. The van der Waals surface area contributed by atoms with E-state index in [1.165, 1.54) is 11.3 Å². The predicted molar refractivity (Wildman–Crippen MR) is 143 cm³/mol. The third-order valence-corrected chi connectivity index (χ3v) is 6.79. The van der Waals surface area contributed by atoms with E-state index in [9.17, 15) is 4.79 Å². The molecule has 0 saturated carbocycles. The number of rotatable bonds is 6. The van der Waals surface area contributed by atoms with E-state index in [0.29, 0.717) is 22.9 Å². The van der Waals surface area contributed by atoms with E-state index in [-0.39, 0.29) is 5.91 Å². The van der Waals surface area contributed by atoms with Crippen molar-refractivity contribution in [1.29, 1.82) is 0 Å². The highest BCUT2D eigenvalue weighted by Crippen LogP contribution is 2.33. The van der Waals surface area contributed by atoms with Crippen molar-refractivity contribution in [1.82, 2.24) is 25.4 Å². The number of anilines is 1. The van der Waals surface area contributed by atoms with E-state index in [4.69, 9.17) is 5.73 Å². The van der Waals surface area contributed by atoms with Crippen molar-refractivity contribution in [2.24, 2.45) is 5.73 Å². The highest BCUT2D eigenvalue weighted by atomic mass is 32.1. The van der Waals surface area contributed by atoms with Crippen molar-refractivity contribution in [3.63, 3.8) is 0 Å². The molecule has 0 spiro atoms. The molecule has 3 aromatic heterocycles. The molecule has 0 aliphatic heterocycles. The van der Waals surface area contributed by atoms with E-state index in [2.05, 4.69) is 30.7 Å². The fourth-order valence-electron chi connectivity index (χ4n) is 4.08. The number of nitrogens with zero attached hydrogens (tertiary/aromatic N) is 3. The van der Waals surface area contributed by atoms with Crippen LogP contribution in [0.15, 0.2) is 84.4 Å². The van der Waals surface area contributed by atoms with Gasteiger partial charge in [0.05, 0.1) is 28.8 Å². The zero-order valence-corrected chi connectivity index (χ0v) is 19.8. The molecule has 1 amide bonds. The molecule has 176 valence electrons. The molecule has 36 heavy (non-hydrogen) atoms. The van der Waals surface area contributed by atoms with Crippen molar-refractivity contribution in [3.05, 3.63) is 95.6 Å². The standard InChI is InChI=1S/C27H21N7OS/c28-13-16-5-4-8-18(9-16)20-10-19-14-29-32-22(19)11-23(20)30-26(35)25-15-36-27(31-25)24-12-21(33-34-24)17-6-2-1-3-7-17/h1-12,14-15H,13,28H2,(H,29,32)(H,30,35)(H,33,34). The van der Waals surface area contributed by atoms with Crippen LogP contribution in [-0.2, 0) is 6.54 Å². The molecule has 3 aromatic carbocycles. The van der Waals surface area contributed by atoms with Gasteiger partial charge in [-0.15, -0.1) is 11.3 Å². The molecule has 6 rings (SSSR count). The summed E-state index contributed by atoms with van der Waals surface area (Å²) in [5.74, 6) is -0.296. The van der Waals surface area contributed by atoms with Crippen molar-refractivity contribution < 1.29 is 4.79 Å². The molecule has 0 fully saturated rings. The second-order valence-electron chi connectivity index (χ2n) is 8.28. The maximum Gasteiger partial charge on any atom is 0.275 e. The second-order valence-corrected chi connectivity index (χ2v) is 9.14. The zero-order valence-electron chi connectivity index (χ0n) is 19.0. The van der Waals surface area contributed by atoms with Crippen molar-refractivity contribution in [2.45, 2.75) is 6.54 Å². The van der Waals surface area contributed by atoms with Crippen LogP contribution in [0, 0.1) is 0 Å². The minimum Gasteiger partial charge on any atom is -0.326 e. The number of aromatic amines is 2. The van der Waals surface area contributed by atoms with Crippen molar-refractivity contribution in [2.75, 3.05) is 5.32 Å². The van der Waals surface area contributed by atoms with E-state index in [1.54, 1.807) is 11.6 Å². The summed E-state index contributed by atoms with van der Waals surface area (Å²) in [6.07, 6.45) is 1.76. The van der Waals surface area contributed by atoms with Gasteiger partial charge in [-0.25, -0.2) is 4.98 Å². The second kappa shape index (κ2) is 9.21. The van der Waals surface area contributed by atoms with Crippen LogP contribution in [0.1, 0.15) is 16.1 Å². The third kappa shape index (κ3) is 4.17. The quantitative estimate of drug-likeness (QED) is 0.246. The molecular weight excluding hydrogens is 470 g/mol. The number of hydrogen-bond acceptors (Lipinski definition) is 6. The summed E-state index contributed by atoms with van der Waals surface area (Å²) in [4.78, 5) is 17.8.